The number of likely N-dealkylation sites (tertiary alicyclic amines) is 1. The van der Waals surface area contributed by atoms with Gasteiger partial charge in [-0.2, -0.15) is 5.10 Å². The number of aliphatic hydroxyl groups is 1. The van der Waals surface area contributed by atoms with Crippen LogP contribution in [0, 0.1) is 0 Å². The Bertz CT molecular complexity index is 630. The zero-order valence-electron chi connectivity index (χ0n) is 12.1. The van der Waals surface area contributed by atoms with Crippen LogP contribution in [0.25, 0.3) is 0 Å². The van der Waals surface area contributed by atoms with Crippen molar-refractivity contribution in [2.45, 2.75) is 26.0 Å². The molecule has 5 nitrogen and oxygen atoms in total. The second-order valence-electron chi connectivity index (χ2n) is 5.37. The van der Waals surface area contributed by atoms with Gasteiger partial charge in [-0.15, -0.1) is 0 Å². The molecule has 0 radical (unpaired) electrons. The highest BCUT2D eigenvalue weighted by molar-refractivity contribution is 5.95. The molecule has 2 aromatic rings. The van der Waals surface area contributed by atoms with Gasteiger partial charge in [0.25, 0.3) is 5.91 Å². The Hall–Kier alpha value is -2.14. The van der Waals surface area contributed by atoms with Crippen LogP contribution in [0.15, 0.2) is 36.5 Å². The topological polar surface area (TPSA) is 58.4 Å². The maximum absolute atomic E-state index is 12.4. The van der Waals surface area contributed by atoms with Crippen molar-refractivity contribution >= 4 is 5.91 Å². The van der Waals surface area contributed by atoms with Crippen molar-refractivity contribution in [2.24, 2.45) is 0 Å². The van der Waals surface area contributed by atoms with Gasteiger partial charge in [-0.25, -0.2) is 0 Å². The Kier molecular flexibility index (Phi) is 3.75. The number of benzene rings is 1. The standard InChI is InChI=1S/C16H19N3O2/c1-2-15-14(16(21)18-10-13(20)11-18)8-17-19(15)9-12-6-4-3-5-7-12/h3-8,13,20H,2,9-11H2,1H3. The van der Waals surface area contributed by atoms with E-state index in [1.807, 2.05) is 29.8 Å². The van der Waals surface area contributed by atoms with Crippen molar-refractivity contribution in [2.75, 3.05) is 13.1 Å². The van der Waals surface area contributed by atoms with Crippen LogP contribution in [0.1, 0.15) is 28.5 Å². The average molecular weight is 285 g/mol. The molecule has 1 N–H and O–H groups in total. The van der Waals surface area contributed by atoms with E-state index in [0.29, 0.717) is 25.2 Å². The summed E-state index contributed by atoms with van der Waals surface area (Å²) in [7, 11) is 0. The molecule has 3 rings (SSSR count). The zero-order valence-corrected chi connectivity index (χ0v) is 12.1. The van der Waals surface area contributed by atoms with E-state index in [1.165, 1.54) is 0 Å². The predicted molar refractivity (Wildman–Crippen MR) is 79.1 cm³/mol. The summed E-state index contributed by atoms with van der Waals surface area (Å²) < 4.78 is 1.89. The summed E-state index contributed by atoms with van der Waals surface area (Å²) in [5.74, 6) is -0.0311. The number of hydrogen-bond acceptors (Lipinski definition) is 3. The van der Waals surface area contributed by atoms with E-state index in [0.717, 1.165) is 17.7 Å². The van der Waals surface area contributed by atoms with Crippen LogP contribution in [-0.4, -0.2) is 44.9 Å². The summed E-state index contributed by atoms with van der Waals surface area (Å²) in [5, 5.41) is 13.7. The van der Waals surface area contributed by atoms with Gasteiger partial charge in [-0.1, -0.05) is 37.3 Å². The van der Waals surface area contributed by atoms with Gasteiger partial charge in [-0.3, -0.25) is 9.48 Å². The van der Waals surface area contributed by atoms with Gasteiger partial charge in [-0.05, 0) is 12.0 Å². The van der Waals surface area contributed by atoms with Crippen LogP contribution in [0.4, 0.5) is 0 Å². The number of carbonyl (C=O) groups is 1. The maximum Gasteiger partial charge on any atom is 0.257 e. The molecule has 1 aliphatic rings. The molecule has 1 amide bonds. The number of rotatable bonds is 4. The molecule has 1 aromatic carbocycles. The Balaban J connectivity index is 1.82. The first-order valence-electron chi connectivity index (χ1n) is 7.25. The number of hydrogen-bond donors (Lipinski definition) is 1. The minimum Gasteiger partial charge on any atom is -0.389 e. The maximum atomic E-state index is 12.4. The van der Waals surface area contributed by atoms with Gasteiger partial charge in [0.05, 0.1) is 30.1 Å². The van der Waals surface area contributed by atoms with E-state index in [9.17, 15) is 9.90 Å². The van der Waals surface area contributed by atoms with Crippen molar-refractivity contribution in [3.63, 3.8) is 0 Å². The normalized spacial score (nSPS) is 15.0. The van der Waals surface area contributed by atoms with Crippen molar-refractivity contribution in [3.05, 3.63) is 53.3 Å². The fourth-order valence-electron chi connectivity index (χ4n) is 2.65. The lowest BCUT2D eigenvalue weighted by Gasteiger charge is -2.35. The Morgan fingerprint density at radius 1 is 1.33 bits per heavy atom. The first kappa shape index (κ1) is 13.8. The lowest BCUT2D eigenvalue weighted by atomic mass is 10.1. The number of aliphatic hydroxyl groups excluding tert-OH is 1. The Morgan fingerprint density at radius 2 is 2.05 bits per heavy atom. The molecule has 1 aliphatic heterocycles. The largest absolute Gasteiger partial charge is 0.389 e. The molecule has 21 heavy (non-hydrogen) atoms. The van der Waals surface area contributed by atoms with E-state index in [2.05, 4.69) is 17.2 Å². The van der Waals surface area contributed by atoms with Crippen LogP contribution in [-0.2, 0) is 13.0 Å². The Morgan fingerprint density at radius 3 is 2.67 bits per heavy atom. The van der Waals surface area contributed by atoms with Crippen molar-refractivity contribution in [1.82, 2.24) is 14.7 Å². The van der Waals surface area contributed by atoms with E-state index in [4.69, 9.17) is 0 Å². The minimum atomic E-state index is -0.376. The summed E-state index contributed by atoms with van der Waals surface area (Å²) in [6.07, 6.45) is 2.03. The smallest absolute Gasteiger partial charge is 0.257 e. The van der Waals surface area contributed by atoms with Crippen LogP contribution in [0.2, 0.25) is 0 Å². The van der Waals surface area contributed by atoms with Crippen LogP contribution in [0.5, 0.6) is 0 Å². The molecule has 0 atom stereocenters. The minimum absolute atomic E-state index is 0.0311. The molecule has 1 fully saturated rings. The van der Waals surface area contributed by atoms with Gasteiger partial charge in [0.15, 0.2) is 0 Å². The molecule has 0 saturated carbocycles. The fourth-order valence-corrected chi connectivity index (χ4v) is 2.65. The van der Waals surface area contributed by atoms with E-state index < -0.39 is 0 Å². The van der Waals surface area contributed by atoms with Gasteiger partial charge >= 0.3 is 0 Å². The van der Waals surface area contributed by atoms with Gasteiger partial charge in [0, 0.05) is 13.1 Å². The summed E-state index contributed by atoms with van der Waals surface area (Å²) in [6.45, 7) is 3.54. The highest BCUT2D eigenvalue weighted by Crippen LogP contribution is 2.18. The molecular weight excluding hydrogens is 266 g/mol. The van der Waals surface area contributed by atoms with Crippen LogP contribution >= 0.6 is 0 Å². The van der Waals surface area contributed by atoms with E-state index in [1.54, 1.807) is 11.1 Å². The van der Waals surface area contributed by atoms with Gasteiger partial charge in [0.2, 0.25) is 0 Å². The summed E-state index contributed by atoms with van der Waals surface area (Å²) in [6, 6.07) is 10.1. The number of β-amino-alcohol motifs (C(OH)–C–C–N with tert-alkyl or cyclic N) is 1. The number of amides is 1. The number of carbonyl (C=O) groups excluding carboxylic acids is 1. The molecule has 110 valence electrons. The number of nitrogens with zero attached hydrogens (tertiary/aromatic N) is 3. The van der Waals surface area contributed by atoms with E-state index in [-0.39, 0.29) is 12.0 Å². The molecule has 0 unspecified atom stereocenters. The SMILES string of the molecule is CCc1c(C(=O)N2CC(O)C2)cnn1Cc1ccccc1. The molecule has 1 saturated heterocycles. The van der Waals surface area contributed by atoms with Crippen molar-refractivity contribution < 1.29 is 9.90 Å². The molecule has 2 heterocycles. The molecule has 0 bridgehead atoms. The second-order valence-corrected chi connectivity index (χ2v) is 5.37. The Labute approximate surface area is 123 Å². The summed E-state index contributed by atoms with van der Waals surface area (Å²) in [5.41, 5.74) is 2.76. The van der Waals surface area contributed by atoms with Crippen LogP contribution in [0.3, 0.4) is 0 Å². The van der Waals surface area contributed by atoms with Gasteiger partial charge < -0.3 is 10.0 Å². The monoisotopic (exact) mass is 285 g/mol. The highest BCUT2D eigenvalue weighted by atomic mass is 16.3. The molecule has 0 spiro atoms. The lowest BCUT2D eigenvalue weighted by Crippen LogP contribution is -2.53. The first-order chi connectivity index (χ1) is 10.2. The third-order valence-corrected chi connectivity index (χ3v) is 3.84. The molecule has 1 aromatic heterocycles. The second kappa shape index (κ2) is 5.69. The van der Waals surface area contributed by atoms with Crippen molar-refractivity contribution in [3.8, 4) is 0 Å². The zero-order chi connectivity index (χ0) is 14.8. The highest BCUT2D eigenvalue weighted by Gasteiger charge is 2.31. The number of aromatic nitrogens is 2. The molecule has 5 heteroatoms. The first-order valence-corrected chi connectivity index (χ1v) is 7.25. The van der Waals surface area contributed by atoms with Crippen LogP contribution < -0.4 is 0 Å². The molecule has 0 aliphatic carbocycles. The fraction of sp³-hybridized carbons (Fsp3) is 0.375. The average Bonchev–Trinajstić information content (AvgIpc) is 2.87. The predicted octanol–water partition coefficient (Wildman–Crippen LogP) is 1.31. The van der Waals surface area contributed by atoms with Gasteiger partial charge in [0.1, 0.15) is 0 Å². The van der Waals surface area contributed by atoms with Crippen molar-refractivity contribution in [1.29, 1.82) is 0 Å². The summed E-state index contributed by atoms with van der Waals surface area (Å²) >= 11 is 0. The quantitative estimate of drug-likeness (QED) is 0.921. The third-order valence-electron chi connectivity index (χ3n) is 3.84. The summed E-state index contributed by atoms with van der Waals surface area (Å²) in [4.78, 5) is 14.0. The lowest BCUT2D eigenvalue weighted by molar-refractivity contribution is 0.00581. The molecular formula is C16H19N3O2. The van der Waals surface area contributed by atoms with E-state index >= 15 is 0 Å². The third kappa shape index (κ3) is 2.69.